The molecule has 3 aromatic heterocycles. The number of para-hydroxylation sites is 2. The first-order chi connectivity index (χ1) is 13.2. The summed E-state index contributed by atoms with van der Waals surface area (Å²) in [6.45, 7) is 2.45. The van der Waals surface area contributed by atoms with Crippen LogP contribution in [0.25, 0.3) is 16.7 Å². The zero-order valence-electron chi connectivity index (χ0n) is 14.6. The van der Waals surface area contributed by atoms with Crippen LogP contribution in [0, 0.1) is 0 Å². The predicted octanol–water partition coefficient (Wildman–Crippen LogP) is 2.56. The van der Waals surface area contributed by atoms with Gasteiger partial charge in [0, 0.05) is 0 Å². The van der Waals surface area contributed by atoms with Crippen LogP contribution in [0.2, 0.25) is 0 Å². The van der Waals surface area contributed by atoms with Gasteiger partial charge in [-0.2, -0.15) is 19.6 Å². The Labute approximate surface area is 163 Å². The SMILES string of the molecule is CC[C@H](CO)Nc1nc(NCc2nc3ccccc3[nH]2)n2ncc(Br)c2n1. The van der Waals surface area contributed by atoms with E-state index in [0.717, 1.165) is 27.8 Å². The molecule has 0 unspecified atom stereocenters. The number of imidazole rings is 1. The lowest BCUT2D eigenvalue weighted by Gasteiger charge is -2.15. The third-order valence-electron chi connectivity index (χ3n) is 4.22. The van der Waals surface area contributed by atoms with E-state index in [2.05, 4.69) is 51.6 Å². The van der Waals surface area contributed by atoms with Gasteiger partial charge in [-0.3, -0.25) is 0 Å². The Morgan fingerprint density at radius 1 is 1.26 bits per heavy atom. The summed E-state index contributed by atoms with van der Waals surface area (Å²) >= 11 is 3.46. The maximum Gasteiger partial charge on any atom is 0.229 e. The number of benzene rings is 1. The minimum Gasteiger partial charge on any atom is -0.394 e. The summed E-state index contributed by atoms with van der Waals surface area (Å²) in [6, 6.07) is 7.76. The second kappa shape index (κ2) is 7.49. The van der Waals surface area contributed by atoms with Crippen molar-refractivity contribution < 1.29 is 5.11 Å². The van der Waals surface area contributed by atoms with Crippen molar-refractivity contribution in [1.29, 1.82) is 0 Å². The van der Waals surface area contributed by atoms with Crippen molar-refractivity contribution in [3.05, 3.63) is 40.8 Å². The molecule has 3 heterocycles. The third kappa shape index (κ3) is 3.58. The molecule has 1 atom stereocenters. The number of aromatic nitrogens is 6. The number of hydrogen-bond donors (Lipinski definition) is 4. The van der Waals surface area contributed by atoms with Crippen LogP contribution in [0.15, 0.2) is 34.9 Å². The smallest absolute Gasteiger partial charge is 0.229 e. The highest BCUT2D eigenvalue weighted by Crippen LogP contribution is 2.21. The van der Waals surface area contributed by atoms with Crippen molar-refractivity contribution in [1.82, 2.24) is 29.5 Å². The van der Waals surface area contributed by atoms with Gasteiger partial charge in [0.15, 0.2) is 5.65 Å². The van der Waals surface area contributed by atoms with Crippen LogP contribution in [0.5, 0.6) is 0 Å². The van der Waals surface area contributed by atoms with E-state index in [4.69, 9.17) is 0 Å². The van der Waals surface area contributed by atoms with Crippen molar-refractivity contribution in [2.45, 2.75) is 25.9 Å². The molecule has 0 amide bonds. The van der Waals surface area contributed by atoms with Crippen molar-refractivity contribution in [2.24, 2.45) is 0 Å². The number of H-pyrrole nitrogens is 1. The normalized spacial score (nSPS) is 12.6. The maximum atomic E-state index is 9.43. The minimum absolute atomic E-state index is 0.00716. The topological polar surface area (TPSA) is 116 Å². The number of aliphatic hydroxyl groups excluding tert-OH is 1. The molecule has 9 nitrogen and oxygen atoms in total. The molecule has 10 heteroatoms. The summed E-state index contributed by atoms with van der Waals surface area (Å²) < 4.78 is 2.38. The molecule has 140 valence electrons. The van der Waals surface area contributed by atoms with Crippen LogP contribution in [-0.2, 0) is 6.54 Å². The van der Waals surface area contributed by atoms with E-state index in [-0.39, 0.29) is 12.6 Å². The summed E-state index contributed by atoms with van der Waals surface area (Å²) in [5, 5.41) is 20.2. The standard InChI is InChI=1S/C17H19BrN8O/c1-2-10(9-27)21-16-24-15-11(18)7-20-26(15)17(25-16)19-8-14-22-12-5-3-4-6-13(12)23-14/h3-7,10,27H,2,8-9H2,1H3,(H,22,23)(H2,19,21,24,25)/t10-/m1/s1. The lowest BCUT2D eigenvalue weighted by Crippen LogP contribution is -2.24. The number of hydrogen-bond acceptors (Lipinski definition) is 7. The Bertz CT molecular complexity index is 1040. The van der Waals surface area contributed by atoms with Crippen molar-refractivity contribution in [3.8, 4) is 0 Å². The fourth-order valence-electron chi connectivity index (χ4n) is 2.74. The average molecular weight is 431 g/mol. The van der Waals surface area contributed by atoms with Crippen molar-refractivity contribution in [2.75, 3.05) is 17.2 Å². The van der Waals surface area contributed by atoms with Gasteiger partial charge in [0.05, 0.1) is 40.9 Å². The van der Waals surface area contributed by atoms with Gasteiger partial charge in [-0.05, 0) is 34.5 Å². The Morgan fingerprint density at radius 3 is 2.89 bits per heavy atom. The molecule has 0 bridgehead atoms. The molecule has 0 spiro atoms. The predicted molar refractivity (Wildman–Crippen MR) is 107 cm³/mol. The molecule has 4 aromatic rings. The number of fused-ring (bicyclic) bond motifs is 2. The molecule has 4 N–H and O–H groups in total. The van der Waals surface area contributed by atoms with E-state index < -0.39 is 0 Å². The van der Waals surface area contributed by atoms with Gasteiger partial charge in [0.25, 0.3) is 0 Å². The molecule has 0 saturated heterocycles. The first-order valence-corrected chi connectivity index (χ1v) is 9.43. The first kappa shape index (κ1) is 17.7. The van der Waals surface area contributed by atoms with E-state index in [1.165, 1.54) is 0 Å². The molecular weight excluding hydrogens is 412 g/mol. The van der Waals surface area contributed by atoms with Crippen LogP contribution in [0.4, 0.5) is 11.9 Å². The van der Waals surface area contributed by atoms with Crippen LogP contribution in [0.3, 0.4) is 0 Å². The van der Waals surface area contributed by atoms with Gasteiger partial charge >= 0.3 is 0 Å². The molecule has 0 aliphatic rings. The number of nitrogens with zero attached hydrogens (tertiary/aromatic N) is 5. The van der Waals surface area contributed by atoms with E-state index in [1.807, 2.05) is 31.2 Å². The highest BCUT2D eigenvalue weighted by Gasteiger charge is 2.14. The number of nitrogens with one attached hydrogen (secondary N) is 3. The van der Waals surface area contributed by atoms with E-state index in [9.17, 15) is 5.11 Å². The summed E-state index contributed by atoms with van der Waals surface area (Å²) in [6.07, 6.45) is 2.43. The lowest BCUT2D eigenvalue weighted by atomic mass is 10.2. The lowest BCUT2D eigenvalue weighted by molar-refractivity contribution is 0.271. The van der Waals surface area contributed by atoms with E-state index in [0.29, 0.717) is 24.1 Å². The Balaban J connectivity index is 1.63. The zero-order chi connectivity index (χ0) is 18.8. The summed E-state index contributed by atoms with van der Waals surface area (Å²) in [7, 11) is 0. The van der Waals surface area contributed by atoms with Gasteiger partial charge in [-0.1, -0.05) is 19.1 Å². The van der Waals surface area contributed by atoms with Crippen LogP contribution >= 0.6 is 15.9 Å². The second-order valence-electron chi connectivity index (χ2n) is 6.09. The van der Waals surface area contributed by atoms with Crippen molar-refractivity contribution in [3.63, 3.8) is 0 Å². The molecule has 1 aromatic carbocycles. The highest BCUT2D eigenvalue weighted by molar-refractivity contribution is 9.10. The fourth-order valence-corrected chi connectivity index (χ4v) is 3.09. The quantitative estimate of drug-likeness (QED) is 0.355. The molecule has 27 heavy (non-hydrogen) atoms. The fraction of sp³-hybridized carbons (Fsp3) is 0.294. The minimum atomic E-state index is -0.114. The van der Waals surface area contributed by atoms with E-state index >= 15 is 0 Å². The number of aromatic amines is 1. The van der Waals surface area contributed by atoms with Gasteiger partial charge in [0.1, 0.15) is 5.82 Å². The summed E-state index contributed by atoms with van der Waals surface area (Å²) in [4.78, 5) is 16.8. The third-order valence-corrected chi connectivity index (χ3v) is 4.78. The molecular formula is C17H19BrN8O. The molecule has 0 radical (unpaired) electrons. The monoisotopic (exact) mass is 430 g/mol. The van der Waals surface area contributed by atoms with E-state index in [1.54, 1.807) is 10.7 Å². The number of aliphatic hydroxyl groups is 1. The largest absolute Gasteiger partial charge is 0.394 e. The Hall–Kier alpha value is -2.72. The number of anilines is 2. The van der Waals surface area contributed by atoms with Gasteiger partial charge in [-0.25, -0.2) is 4.98 Å². The summed E-state index contributed by atoms with van der Waals surface area (Å²) in [5.74, 6) is 1.75. The second-order valence-corrected chi connectivity index (χ2v) is 6.94. The number of rotatable bonds is 7. The molecule has 0 aliphatic carbocycles. The van der Waals surface area contributed by atoms with Crippen LogP contribution < -0.4 is 10.6 Å². The highest BCUT2D eigenvalue weighted by atomic mass is 79.9. The summed E-state index contributed by atoms with van der Waals surface area (Å²) in [5.41, 5.74) is 2.53. The van der Waals surface area contributed by atoms with Gasteiger partial charge < -0.3 is 20.7 Å². The maximum absolute atomic E-state index is 9.43. The first-order valence-electron chi connectivity index (χ1n) is 8.64. The Kier molecular flexibility index (Phi) is 4.90. The zero-order valence-corrected chi connectivity index (χ0v) is 16.2. The molecule has 4 rings (SSSR count). The molecule has 0 aliphatic heterocycles. The number of halogens is 1. The van der Waals surface area contributed by atoms with Crippen LogP contribution in [0.1, 0.15) is 19.2 Å². The Morgan fingerprint density at radius 2 is 2.11 bits per heavy atom. The van der Waals surface area contributed by atoms with Crippen molar-refractivity contribution >= 4 is 44.5 Å². The van der Waals surface area contributed by atoms with Gasteiger partial charge in [-0.15, -0.1) is 0 Å². The van der Waals surface area contributed by atoms with Gasteiger partial charge in [0.2, 0.25) is 11.9 Å². The molecule has 0 fully saturated rings. The molecule has 0 saturated carbocycles. The average Bonchev–Trinajstić information content (AvgIpc) is 3.27. The van der Waals surface area contributed by atoms with Crippen LogP contribution in [-0.4, -0.2) is 47.3 Å².